The van der Waals surface area contributed by atoms with Crippen molar-refractivity contribution in [3.8, 4) is 0 Å². The summed E-state index contributed by atoms with van der Waals surface area (Å²) in [5.74, 6) is -0.241. The highest BCUT2D eigenvalue weighted by molar-refractivity contribution is 5.23. The molecule has 0 aliphatic carbocycles. The molecule has 0 bridgehead atoms. The highest BCUT2D eigenvalue weighted by Crippen LogP contribution is 2.46. The molecule has 0 amide bonds. The number of rotatable bonds is 3. The van der Waals surface area contributed by atoms with E-state index < -0.39 is 23.9 Å². The SMILES string of the molecule is CC[C@@]1(C(F)F)O[C@@H](n2ccc(N)nc2=O)C[C@@H]1C. The van der Waals surface area contributed by atoms with Crippen LogP contribution in [0.1, 0.15) is 32.9 Å². The van der Waals surface area contributed by atoms with E-state index in [1.807, 2.05) is 0 Å². The van der Waals surface area contributed by atoms with Gasteiger partial charge in [-0.05, 0) is 24.8 Å². The predicted octanol–water partition coefficient (Wildman–Crippen LogP) is 1.79. The van der Waals surface area contributed by atoms with Crippen molar-refractivity contribution in [3.05, 3.63) is 22.7 Å². The van der Waals surface area contributed by atoms with Gasteiger partial charge < -0.3 is 10.5 Å². The number of hydrogen-bond donors (Lipinski definition) is 1. The Balaban J connectivity index is 2.33. The summed E-state index contributed by atoms with van der Waals surface area (Å²) in [6.45, 7) is 3.38. The van der Waals surface area contributed by atoms with Crippen molar-refractivity contribution >= 4 is 5.82 Å². The third-order valence-electron chi connectivity index (χ3n) is 3.83. The van der Waals surface area contributed by atoms with Crippen LogP contribution in [0.3, 0.4) is 0 Å². The van der Waals surface area contributed by atoms with E-state index in [9.17, 15) is 13.6 Å². The lowest BCUT2D eigenvalue weighted by atomic mass is 9.87. The summed E-state index contributed by atoms with van der Waals surface area (Å²) >= 11 is 0. The maximum atomic E-state index is 13.3. The fourth-order valence-electron chi connectivity index (χ4n) is 2.59. The van der Waals surface area contributed by atoms with Crippen LogP contribution in [0.15, 0.2) is 17.1 Å². The van der Waals surface area contributed by atoms with E-state index in [0.29, 0.717) is 6.42 Å². The van der Waals surface area contributed by atoms with Gasteiger partial charge in [0.1, 0.15) is 17.6 Å². The Kier molecular flexibility index (Phi) is 3.58. The quantitative estimate of drug-likeness (QED) is 0.911. The molecular weight excluding hydrogens is 256 g/mol. The summed E-state index contributed by atoms with van der Waals surface area (Å²) in [6.07, 6.45) is -1.33. The van der Waals surface area contributed by atoms with E-state index in [4.69, 9.17) is 10.5 Å². The highest BCUT2D eigenvalue weighted by atomic mass is 19.3. The van der Waals surface area contributed by atoms with Crippen molar-refractivity contribution < 1.29 is 13.5 Å². The second kappa shape index (κ2) is 4.88. The molecule has 0 aromatic carbocycles. The average Bonchev–Trinajstić information content (AvgIpc) is 2.67. The van der Waals surface area contributed by atoms with Crippen molar-refractivity contribution in [1.29, 1.82) is 0 Å². The number of hydrogen-bond acceptors (Lipinski definition) is 4. The van der Waals surface area contributed by atoms with Crippen LogP contribution < -0.4 is 11.4 Å². The average molecular weight is 273 g/mol. The summed E-state index contributed by atoms with van der Waals surface area (Å²) in [4.78, 5) is 15.3. The number of nitrogens with two attached hydrogens (primary N) is 1. The summed E-state index contributed by atoms with van der Waals surface area (Å²) < 4.78 is 33.2. The number of halogens is 2. The zero-order chi connectivity index (χ0) is 14.2. The van der Waals surface area contributed by atoms with Crippen LogP contribution in [0.2, 0.25) is 0 Å². The molecule has 0 unspecified atom stereocenters. The Bertz CT molecular complexity index is 520. The lowest BCUT2D eigenvalue weighted by Gasteiger charge is -2.31. The second-order valence-electron chi connectivity index (χ2n) is 4.86. The molecule has 1 aliphatic rings. The van der Waals surface area contributed by atoms with Crippen LogP contribution >= 0.6 is 0 Å². The molecule has 2 N–H and O–H groups in total. The Morgan fingerprint density at radius 2 is 2.37 bits per heavy atom. The molecule has 1 saturated heterocycles. The molecule has 1 aliphatic heterocycles. The van der Waals surface area contributed by atoms with Gasteiger partial charge in [-0.25, -0.2) is 13.6 Å². The van der Waals surface area contributed by atoms with E-state index >= 15 is 0 Å². The fourth-order valence-corrected chi connectivity index (χ4v) is 2.59. The molecule has 7 heteroatoms. The van der Waals surface area contributed by atoms with Crippen molar-refractivity contribution in [2.75, 3.05) is 5.73 Å². The van der Waals surface area contributed by atoms with Crippen LogP contribution in [0, 0.1) is 5.92 Å². The lowest BCUT2D eigenvalue weighted by Crippen LogP contribution is -2.41. The molecule has 1 aromatic rings. The summed E-state index contributed by atoms with van der Waals surface area (Å²) in [5, 5.41) is 0. The van der Waals surface area contributed by atoms with Gasteiger partial charge in [0.25, 0.3) is 6.43 Å². The lowest BCUT2D eigenvalue weighted by molar-refractivity contribution is -0.164. The Morgan fingerprint density at radius 3 is 2.84 bits per heavy atom. The molecule has 0 spiro atoms. The first-order valence-electron chi connectivity index (χ1n) is 6.21. The van der Waals surface area contributed by atoms with Crippen LogP contribution in [-0.4, -0.2) is 21.6 Å². The van der Waals surface area contributed by atoms with Gasteiger partial charge in [-0.15, -0.1) is 0 Å². The highest BCUT2D eigenvalue weighted by Gasteiger charge is 2.52. The van der Waals surface area contributed by atoms with E-state index in [0.717, 1.165) is 0 Å². The minimum absolute atomic E-state index is 0.0999. The minimum Gasteiger partial charge on any atom is -0.383 e. The molecule has 1 fully saturated rings. The zero-order valence-corrected chi connectivity index (χ0v) is 10.8. The van der Waals surface area contributed by atoms with Crippen LogP contribution in [0.4, 0.5) is 14.6 Å². The van der Waals surface area contributed by atoms with E-state index in [2.05, 4.69) is 4.98 Å². The summed E-state index contributed by atoms with van der Waals surface area (Å²) in [5.41, 5.74) is 3.32. The topological polar surface area (TPSA) is 70.1 Å². The van der Waals surface area contributed by atoms with Crippen LogP contribution in [0.5, 0.6) is 0 Å². The monoisotopic (exact) mass is 273 g/mol. The van der Waals surface area contributed by atoms with Crippen molar-refractivity contribution in [3.63, 3.8) is 0 Å². The van der Waals surface area contributed by atoms with Gasteiger partial charge in [0.15, 0.2) is 0 Å². The molecule has 0 saturated carbocycles. The van der Waals surface area contributed by atoms with Crippen molar-refractivity contribution in [1.82, 2.24) is 9.55 Å². The fraction of sp³-hybridized carbons (Fsp3) is 0.667. The Morgan fingerprint density at radius 1 is 1.68 bits per heavy atom. The number of alkyl halides is 2. The standard InChI is InChI=1S/C12H17F2N3O2/c1-3-12(10(13)14)7(2)6-9(19-12)17-5-4-8(15)16-11(17)18/h4-5,7,9-10H,3,6H2,1-2H3,(H2,15,16,18)/t7-,9+,12+/m0/s1. The van der Waals surface area contributed by atoms with Gasteiger partial charge in [0.05, 0.1) is 0 Å². The van der Waals surface area contributed by atoms with Crippen molar-refractivity contribution in [2.45, 2.75) is 44.9 Å². The zero-order valence-electron chi connectivity index (χ0n) is 10.8. The Labute approximate surface area is 109 Å². The molecular formula is C12H17F2N3O2. The van der Waals surface area contributed by atoms with Crippen LogP contribution in [-0.2, 0) is 4.74 Å². The maximum absolute atomic E-state index is 13.3. The van der Waals surface area contributed by atoms with Gasteiger partial charge in [0.2, 0.25) is 0 Å². The molecule has 2 rings (SSSR count). The number of aromatic nitrogens is 2. The number of nitrogen functional groups attached to an aromatic ring is 1. The van der Waals surface area contributed by atoms with E-state index in [-0.39, 0.29) is 18.2 Å². The first-order chi connectivity index (χ1) is 8.90. The molecule has 19 heavy (non-hydrogen) atoms. The minimum atomic E-state index is -2.59. The molecule has 5 nitrogen and oxygen atoms in total. The van der Waals surface area contributed by atoms with Gasteiger partial charge in [0, 0.05) is 6.20 Å². The van der Waals surface area contributed by atoms with E-state index in [1.165, 1.54) is 16.8 Å². The van der Waals surface area contributed by atoms with Gasteiger partial charge in [-0.3, -0.25) is 4.57 Å². The smallest absolute Gasteiger partial charge is 0.351 e. The largest absolute Gasteiger partial charge is 0.383 e. The molecule has 1 aromatic heterocycles. The number of nitrogens with zero attached hydrogens (tertiary/aromatic N) is 2. The van der Waals surface area contributed by atoms with Crippen LogP contribution in [0.25, 0.3) is 0 Å². The summed E-state index contributed by atoms with van der Waals surface area (Å²) in [7, 11) is 0. The first-order valence-corrected chi connectivity index (χ1v) is 6.21. The van der Waals surface area contributed by atoms with Gasteiger partial charge >= 0.3 is 5.69 Å². The second-order valence-corrected chi connectivity index (χ2v) is 4.86. The number of ether oxygens (including phenoxy) is 1. The van der Waals surface area contributed by atoms with E-state index in [1.54, 1.807) is 13.8 Å². The maximum Gasteiger partial charge on any atom is 0.351 e. The van der Waals surface area contributed by atoms with Gasteiger partial charge in [-0.1, -0.05) is 13.8 Å². The first kappa shape index (κ1) is 13.9. The normalized spacial score (nSPS) is 31.0. The third kappa shape index (κ3) is 2.22. The molecule has 0 radical (unpaired) electrons. The molecule has 2 heterocycles. The molecule has 3 atom stereocenters. The van der Waals surface area contributed by atoms with Gasteiger partial charge in [-0.2, -0.15) is 4.98 Å². The summed E-state index contributed by atoms with van der Waals surface area (Å²) in [6, 6.07) is 1.45. The number of anilines is 1. The van der Waals surface area contributed by atoms with Crippen molar-refractivity contribution in [2.24, 2.45) is 5.92 Å². The third-order valence-corrected chi connectivity index (χ3v) is 3.83. The Hall–Kier alpha value is -1.50. The molecule has 106 valence electrons. The predicted molar refractivity (Wildman–Crippen MR) is 65.8 cm³/mol.